The van der Waals surface area contributed by atoms with Crippen LogP contribution in [-0.2, 0) is 0 Å². The first-order valence-corrected chi connectivity index (χ1v) is 8.93. The van der Waals surface area contributed by atoms with Crippen LogP contribution in [0.15, 0.2) is 36.4 Å². The molecule has 0 radical (unpaired) electrons. The molecule has 1 amide bonds. The van der Waals surface area contributed by atoms with Gasteiger partial charge >= 0.3 is 0 Å². The summed E-state index contributed by atoms with van der Waals surface area (Å²) in [5.74, 6) is 0.935. The van der Waals surface area contributed by atoms with Gasteiger partial charge in [0.05, 0.1) is 17.7 Å². The van der Waals surface area contributed by atoms with Crippen LogP contribution >= 0.6 is 11.3 Å². The Morgan fingerprint density at radius 2 is 1.96 bits per heavy atom. The first-order valence-electron chi connectivity index (χ1n) is 8.12. The second kappa shape index (κ2) is 6.76. The number of carbonyl (C=O) groups excluding carboxylic acids is 1. The number of phenolic OH excluding ortho intramolecular Hbond substituents is 1. The third kappa shape index (κ3) is 3.33. The quantitative estimate of drug-likeness (QED) is 0.624. The molecule has 0 aliphatic rings. The van der Waals surface area contributed by atoms with Crippen molar-refractivity contribution in [3.05, 3.63) is 52.4 Å². The van der Waals surface area contributed by atoms with E-state index >= 15 is 0 Å². The smallest absolute Gasteiger partial charge is 0.266 e. The molecule has 3 rings (SSSR count). The molecule has 0 saturated heterocycles. The summed E-state index contributed by atoms with van der Waals surface area (Å²) in [6.07, 6.45) is 0. The summed E-state index contributed by atoms with van der Waals surface area (Å²) < 4.78 is 6.30. The number of benzene rings is 2. The molecule has 2 N–H and O–H groups in total. The van der Waals surface area contributed by atoms with E-state index in [-0.39, 0.29) is 11.7 Å². The highest BCUT2D eigenvalue weighted by atomic mass is 32.1. The van der Waals surface area contributed by atoms with Crippen LogP contribution in [0, 0.1) is 6.92 Å². The number of amides is 1. The van der Waals surface area contributed by atoms with E-state index < -0.39 is 0 Å². The maximum absolute atomic E-state index is 12.7. The number of methoxy groups -OCH3 is 1. The Morgan fingerprint density at radius 1 is 1.20 bits per heavy atom. The van der Waals surface area contributed by atoms with Crippen molar-refractivity contribution in [3.63, 3.8) is 0 Å². The van der Waals surface area contributed by atoms with E-state index in [9.17, 15) is 9.90 Å². The number of rotatable bonds is 4. The van der Waals surface area contributed by atoms with Crippen molar-refractivity contribution in [1.82, 2.24) is 0 Å². The molecule has 0 fully saturated rings. The molecular formula is C20H21NO3S. The van der Waals surface area contributed by atoms with Gasteiger partial charge in [-0.3, -0.25) is 4.79 Å². The minimum atomic E-state index is -0.214. The Bertz CT molecular complexity index is 944. The fourth-order valence-corrected chi connectivity index (χ4v) is 3.82. The highest BCUT2D eigenvalue weighted by Crippen LogP contribution is 2.35. The lowest BCUT2D eigenvalue weighted by Gasteiger charge is -2.11. The van der Waals surface area contributed by atoms with E-state index in [0.717, 1.165) is 27.0 Å². The molecule has 0 spiro atoms. The number of nitrogens with one attached hydrogen (secondary N) is 1. The second-order valence-corrected chi connectivity index (χ2v) is 7.36. The van der Waals surface area contributed by atoms with E-state index in [1.807, 2.05) is 37.3 Å². The van der Waals surface area contributed by atoms with Gasteiger partial charge in [0.2, 0.25) is 0 Å². The van der Waals surface area contributed by atoms with Crippen LogP contribution in [0.2, 0.25) is 0 Å². The summed E-state index contributed by atoms with van der Waals surface area (Å²) in [6.45, 7) is 6.07. The fourth-order valence-electron chi connectivity index (χ4n) is 2.74. The molecule has 25 heavy (non-hydrogen) atoms. The van der Waals surface area contributed by atoms with Gasteiger partial charge in [-0.15, -0.1) is 11.3 Å². The molecule has 130 valence electrons. The van der Waals surface area contributed by atoms with Gasteiger partial charge < -0.3 is 15.2 Å². The second-order valence-electron chi connectivity index (χ2n) is 6.30. The molecule has 0 bridgehead atoms. The van der Waals surface area contributed by atoms with Gasteiger partial charge in [-0.1, -0.05) is 19.9 Å². The number of thiophene rings is 1. The minimum Gasteiger partial charge on any atom is -0.506 e. The number of ether oxygens (including phenoxy) is 1. The Kier molecular flexibility index (Phi) is 4.68. The molecule has 0 aliphatic carbocycles. The van der Waals surface area contributed by atoms with E-state index in [4.69, 9.17) is 4.74 Å². The Morgan fingerprint density at radius 3 is 2.64 bits per heavy atom. The fraction of sp³-hybridized carbons (Fsp3) is 0.250. The van der Waals surface area contributed by atoms with Crippen LogP contribution in [-0.4, -0.2) is 18.1 Å². The Hall–Kier alpha value is -2.53. The lowest BCUT2D eigenvalue weighted by atomic mass is 10.0. The lowest BCUT2D eigenvalue weighted by molar-refractivity contribution is 0.102. The maximum Gasteiger partial charge on any atom is 0.266 e. The minimum absolute atomic E-state index is 0.0678. The van der Waals surface area contributed by atoms with Crippen LogP contribution in [0.25, 0.3) is 10.1 Å². The van der Waals surface area contributed by atoms with Crippen LogP contribution < -0.4 is 10.1 Å². The van der Waals surface area contributed by atoms with Gasteiger partial charge in [-0.25, -0.2) is 0 Å². The highest BCUT2D eigenvalue weighted by molar-refractivity contribution is 7.21. The van der Waals surface area contributed by atoms with Gasteiger partial charge in [-0.05, 0) is 59.7 Å². The summed E-state index contributed by atoms with van der Waals surface area (Å²) in [5.41, 5.74) is 2.41. The van der Waals surface area contributed by atoms with Gasteiger partial charge in [0.15, 0.2) is 0 Å². The molecule has 0 unspecified atom stereocenters. The largest absolute Gasteiger partial charge is 0.506 e. The molecule has 5 heteroatoms. The van der Waals surface area contributed by atoms with Gasteiger partial charge in [0, 0.05) is 4.70 Å². The Balaban J connectivity index is 1.95. The molecule has 0 saturated carbocycles. The topological polar surface area (TPSA) is 58.6 Å². The van der Waals surface area contributed by atoms with Crippen molar-refractivity contribution in [3.8, 4) is 11.5 Å². The predicted molar refractivity (Wildman–Crippen MR) is 103 cm³/mol. The number of anilines is 1. The first-order chi connectivity index (χ1) is 11.9. The van der Waals surface area contributed by atoms with Crippen LogP contribution in [0.3, 0.4) is 0 Å². The summed E-state index contributed by atoms with van der Waals surface area (Å²) in [5, 5.41) is 13.9. The monoisotopic (exact) mass is 355 g/mol. The number of fused-ring (bicyclic) bond motifs is 1. The number of hydrogen-bond donors (Lipinski definition) is 2. The van der Waals surface area contributed by atoms with Crippen molar-refractivity contribution in [2.45, 2.75) is 26.7 Å². The van der Waals surface area contributed by atoms with Gasteiger partial charge in [0.1, 0.15) is 11.5 Å². The SMILES string of the molecule is COc1ccc2sc(C(=O)Nc3cc(C(C)C)ccc3O)c(C)c2c1. The van der Waals surface area contributed by atoms with Gasteiger partial charge in [-0.2, -0.15) is 0 Å². The van der Waals surface area contributed by atoms with Crippen LogP contribution in [0.1, 0.15) is 40.6 Å². The Labute approximate surface area is 151 Å². The zero-order valence-corrected chi connectivity index (χ0v) is 15.5. The van der Waals surface area contributed by atoms with E-state index in [1.165, 1.54) is 11.3 Å². The van der Waals surface area contributed by atoms with Gasteiger partial charge in [0.25, 0.3) is 5.91 Å². The van der Waals surface area contributed by atoms with Crippen molar-refractivity contribution in [2.75, 3.05) is 12.4 Å². The summed E-state index contributed by atoms with van der Waals surface area (Å²) in [6, 6.07) is 11.1. The molecular weight excluding hydrogens is 334 g/mol. The summed E-state index contributed by atoms with van der Waals surface area (Å²) in [7, 11) is 1.63. The standard InChI is InChI=1S/C20H21NO3S/c1-11(2)13-5-7-17(22)16(9-13)21-20(23)19-12(3)15-10-14(24-4)6-8-18(15)25-19/h5-11,22H,1-4H3,(H,21,23). The zero-order chi connectivity index (χ0) is 18.1. The van der Waals surface area contributed by atoms with E-state index in [2.05, 4.69) is 19.2 Å². The third-order valence-corrected chi connectivity index (χ3v) is 5.56. The van der Waals surface area contributed by atoms with Crippen molar-refractivity contribution < 1.29 is 14.6 Å². The van der Waals surface area contributed by atoms with E-state index in [0.29, 0.717) is 16.5 Å². The predicted octanol–water partition coefficient (Wildman–Crippen LogP) is 5.30. The molecule has 0 aliphatic heterocycles. The lowest BCUT2D eigenvalue weighted by Crippen LogP contribution is -2.11. The average Bonchev–Trinajstić information content (AvgIpc) is 2.93. The number of aryl methyl sites for hydroxylation is 1. The molecule has 4 nitrogen and oxygen atoms in total. The van der Waals surface area contributed by atoms with Crippen molar-refractivity contribution >= 4 is 33.0 Å². The third-order valence-electron chi connectivity index (χ3n) is 4.29. The van der Waals surface area contributed by atoms with Crippen molar-refractivity contribution in [1.29, 1.82) is 0 Å². The van der Waals surface area contributed by atoms with E-state index in [1.54, 1.807) is 13.2 Å². The first kappa shape index (κ1) is 17.3. The number of aromatic hydroxyl groups is 1. The van der Waals surface area contributed by atoms with Crippen LogP contribution in [0.4, 0.5) is 5.69 Å². The number of carbonyl (C=O) groups is 1. The average molecular weight is 355 g/mol. The molecule has 1 heterocycles. The zero-order valence-electron chi connectivity index (χ0n) is 14.7. The summed E-state index contributed by atoms with van der Waals surface area (Å²) in [4.78, 5) is 13.4. The normalized spacial score (nSPS) is 11.1. The molecule has 1 aromatic heterocycles. The van der Waals surface area contributed by atoms with Crippen molar-refractivity contribution in [2.24, 2.45) is 0 Å². The van der Waals surface area contributed by atoms with Crippen LogP contribution in [0.5, 0.6) is 11.5 Å². The molecule has 3 aromatic rings. The summed E-state index contributed by atoms with van der Waals surface area (Å²) >= 11 is 1.44. The molecule has 2 aromatic carbocycles. The number of phenols is 1. The highest BCUT2D eigenvalue weighted by Gasteiger charge is 2.17. The number of hydrogen-bond acceptors (Lipinski definition) is 4. The maximum atomic E-state index is 12.7. The molecule has 0 atom stereocenters.